The lowest BCUT2D eigenvalue weighted by molar-refractivity contribution is -0.145. The first kappa shape index (κ1) is 16.9. The van der Waals surface area contributed by atoms with Crippen molar-refractivity contribution in [3.05, 3.63) is 35.6 Å². The molecule has 6 heteroatoms. The van der Waals surface area contributed by atoms with Gasteiger partial charge in [-0.2, -0.15) is 0 Å². The fourth-order valence-electron chi connectivity index (χ4n) is 3.02. The molecular formula is C16H22FNO4. The number of aliphatic hydroxyl groups is 2. The number of ether oxygens (including phenoxy) is 1. The molecule has 1 fully saturated rings. The molecule has 0 aliphatic carbocycles. The van der Waals surface area contributed by atoms with Gasteiger partial charge in [0.05, 0.1) is 26.4 Å². The monoisotopic (exact) mass is 311 g/mol. The van der Waals surface area contributed by atoms with Crippen LogP contribution in [0.3, 0.4) is 0 Å². The van der Waals surface area contributed by atoms with Crippen molar-refractivity contribution in [1.29, 1.82) is 0 Å². The SMILES string of the molecule is COC(=O)CN1CC[C@H](O)[C@@](CO)(Cc2ccc(F)cc2)C1. The summed E-state index contributed by atoms with van der Waals surface area (Å²) in [6.07, 6.45) is 0.220. The maximum atomic E-state index is 13.0. The number of carbonyl (C=O) groups excluding carboxylic acids is 1. The van der Waals surface area contributed by atoms with Gasteiger partial charge in [-0.15, -0.1) is 0 Å². The molecule has 0 unspecified atom stereocenters. The molecule has 0 spiro atoms. The molecule has 0 radical (unpaired) electrons. The van der Waals surface area contributed by atoms with Gasteiger partial charge in [0.1, 0.15) is 5.82 Å². The lowest BCUT2D eigenvalue weighted by atomic mass is 9.73. The van der Waals surface area contributed by atoms with Crippen molar-refractivity contribution < 1.29 is 24.1 Å². The Morgan fingerprint density at radius 1 is 1.45 bits per heavy atom. The Hall–Kier alpha value is -1.50. The predicted molar refractivity (Wildman–Crippen MR) is 78.7 cm³/mol. The van der Waals surface area contributed by atoms with Crippen LogP contribution in [0.15, 0.2) is 24.3 Å². The van der Waals surface area contributed by atoms with Crippen LogP contribution in [0, 0.1) is 11.2 Å². The van der Waals surface area contributed by atoms with Gasteiger partial charge in [-0.05, 0) is 30.5 Å². The number of benzene rings is 1. The topological polar surface area (TPSA) is 70.0 Å². The Balaban J connectivity index is 2.13. The van der Waals surface area contributed by atoms with Gasteiger partial charge in [0.25, 0.3) is 0 Å². The fourth-order valence-corrected chi connectivity index (χ4v) is 3.02. The second-order valence-electron chi connectivity index (χ2n) is 5.91. The highest BCUT2D eigenvalue weighted by Crippen LogP contribution is 2.33. The van der Waals surface area contributed by atoms with E-state index in [-0.39, 0.29) is 24.9 Å². The van der Waals surface area contributed by atoms with Crippen molar-refractivity contribution in [1.82, 2.24) is 4.90 Å². The number of likely N-dealkylation sites (tertiary alicyclic amines) is 1. The van der Waals surface area contributed by atoms with Crippen molar-refractivity contribution in [2.45, 2.75) is 18.9 Å². The van der Waals surface area contributed by atoms with Gasteiger partial charge in [-0.25, -0.2) is 4.39 Å². The Kier molecular flexibility index (Phi) is 5.50. The van der Waals surface area contributed by atoms with Crippen LogP contribution in [0.4, 0.5) is 4.39 Å². The average molecular weight is 311 g/mol. The number of piperidine rings is 1. The maximum absolute atomic E-state index is 13.0. The van der Waals surface area contributed by atoms with Gasteiger partial charge >= 0.3 is 5.97 Å². The number of hydrogen-bond donors (Lipinski definition) is 2. The van der Waals surface area contributed by atoms with Crippen LogP contribution in [0.25, 0.3) is 0 Å². The molecule has 0 aromatic heterocycles. The first-order valence-corrected chi connectivity index (χ1v) is 7.31. The Labute approximate surface area is 129 Å². The lowest BCUT2D eigenvalue weighted by Crippen LogP contribution is -2.55. The molecule has 1 aromatic rings. The zero-order valence-electron chi connectivity index (χ0n) is 12.7. The summed E-state index contributed by atoms with van der Waals surface area (Å²) >= 11 is 0. The van der Waals surface area contributed by atoms with Gasteiger partial charge in [-0.3, -0.25) is 9.69 Å². The molecule has 2 atom stereocenters. The smallest absolute Gasteiger partial charge is 0.319 e. The number of carbonyl (C=O) groups is 1. The predicted octanol–water partition coefficient (Wildman–Crippen LogP) is 0.586. The summed E-state index contributed by atoms with van der Waals surface area (Å²) in [5, 5.41) is 20.2. The minimum atomic E-state index is -0.760. The maximum Gasteiger partial charge on any atom is 0.319 e. The summed E-state index contributed by atoms with van der Waals surface area (Å²) in [5.41, 5.74) is 0.0822. The largest absolute Gasteiger partial charge is 0.468 e. The van der Waals surface area contributed by atoms with E-state index < -0.39 is 11.5 Å². The molecule has 2 N–H and O–H groups in total. The zero-order valence-corrected chi connectivity index (χ0v) is 12.7. The van der Waals surface area contributed by atoms with Crippen LogP contribution < -0.4 is 0 Å². The van der Waals surface area contributed by atoms with Crippen LogP contribution in [0.1, 0.15) is 12.0 Å². The Morgan fingerprint density at radius 2 is 2.14 bits per heavy atom. The molecule has 0 bridgehead atoms. The van der Waals surface area contributed by atoms with Gasteiger partial charge in [0, 0.05) is 18.5 Å². The average Bonchev–Trinajstić information content (AvgIpc) is 2.52. The van der Waals surface area contributed by atoms with Crippen LogP contribution in [0.5, 0.6) is 0 Å². The van der Waals surface area contributed by atoms with Crippen LogP contribution in [-0.4, -0.2) is 60.5 Å². The molecule has 1 saturated heterocycles. The van der Waals surface area contributed by atoms with Gasteiger partial charge in [0.15, 0.2) is 0 Å². The molecule has 0 amide bonds. The molecule has 1 aliphatic heterocycles. The molecule has 1 heterocycles. The van der Waals surface area contributed by atoms with E-state index in [1.54, 1.807) is 12.1 Å². The Morgan fingerprint density at radius 3 is 2.73 bits per heavy atom. The quantitative estimate of drug-likeness (QED) is 0.779. The number of aliphatic hydroxyl groups excluding tert-OH is 2. The number of nitrogens with zero attached hydrogens (tertiary/aromatic N) is 1. The third kappa shape index (κ3) is 3.82. The highest BCUT2D eigenvalue weighted by molar-refractivity contribution is 5.71. The zero-order chi connectivity index (χ0) is 16.2. The number of halogens is 1. The first-order chi connectivity index (χ1) is 10.5. The number of rotatable bonds is 5. The number of methoxy groups -OCH3 is 1. The minimum Gasteiger partial charge on any atom is -0.468 e. The highest BCUT2D eigenvalue weighted by Gasteiger charge is 2.42. The summed E-state index contributed by atoms with van der Waals surface area (Å²) in [5.74, 6) is -0.664. The second kappa shape index (κ2) is 7.17. The van der Waals surface area contributed by atoms with Gasteiger partial charge < -0.3 is 14.9 Å². The van der Waals surface area contributed by atoms with Crippen molar-refractivity contribution in [3.8, 4) is 0 Å². The summed E-state index contributed by atoms with van der Waals surface area (Å²) in [6, 6.07) is 6.03. The highest BCUT2D eigenvalue weighted by atomic mass is 19.1. The van der Waals surface area contributed by atoms with E-state index in [0.29, 0.717) is 25.9 Å². The summed E-state index contributed by atoms with van der Waals surface area (Å²) in [4.78, 5) is 13.3. The molecule has 22 heavy (non-hydrogen) atoms. The molecule has 1 aliphatic rings. The van der Waals surface area contributed by atoms with E-state index in [9.17, 15) is 19.4 Å². The molecule has 1 aromatic carbocycles. The number of hydrogen-bond acceptors (Lipinski definition) is 5. The summed E-state index contributed by atoms with van der Waals surface area (Å²) in [6.45, 7) is 0.885. The van der Waals surface area contributed by atoms with Gasteiger partial charge in [0.2, 0.25) is 0 Å². The van der Waals surface area contributed by atoms with Crippen LogP contribution in [0.2, 0.25) is 0 Å². The Bertz CT molecular complexity index is 507. The standard InChI is InChI=1S/C16H22FNO4/c1-22-15(21)9-18-7-6-14(20)16(10-18,11-19)8-12-2-4-13(17)5-3-12/h2-5,14,19-20H,6-11H2,1H3/t14-,16-/m0/s1. The van der Waals surface area contributed by atoms with E-state index in [4.69, 9.17) is 0 Å². The minimum absolute atomic E-state index is 0.133. The van der Waals surface area contributed by atoms with E-state index in [0.717, 1.165) is 5.56 Å². The normalized spacial score (nSPS) is 25.9. The van der Waals surface area contributed by atoms with E-state index in [1.807, 2.05) is 4.90 Å². The van der Waals surface area contributed by atoms with E-state index >= 15 is 0 Å². The molecular weight excluding hydrogens is 289 g/mol. The third-order valence-corrected chi connectivity index (χ3v) is 4.33. The van der Waals surface area contributed by atoms with Crippen molar-refractivity contribution in [2.24, 2.45) is 5.41 Å². The van der Waals surface area contributed by atoms with Crippen molar-refractivity contribution in [2.75, 3.05) is 33.4 Å². The fraction of sp³-hybridized carbons (Fsp3) is 0.562. The molecule has 0 saturated carbocycles. The van der Waals surface area contributed by atoms with Gasteiger partial charge in [-0.1, -0.05) is 12.1 Å². The lowest BCUT2D eigenvalue weighted by Gasteiger charge is -2.45. The van der Waals surface area contributed by atoms with Crippen molar-refractivity contribution in [3.63, 3.8) is 0 Å². The number of esters is 1. The third-order valence-electron chi connectivity index (χ3n) is 4.33. The molecule has 122 valence electrons. The first-order valence-electron chi connectivity index (χ1n) is 7.31. The van der Waals surface area contributed by atoms with Crippen LogP contribution >= 0.6 is 0 Å². The molecule has 2 rings (SSSR count). The van der Waals surface area contributed by atoms with E-state index in [1.165, 1.54) is 19.2 Å². The summed E-state index contributed by atoms with van der Waals surface area (Å²) < 4.78 is 17.7. The second-order valence-corrected chi connectivity index (χ2v) is 5.91. The van der Waals surface area contributed by atoms with Crippen LogP contribution in [-0.2, 0) is 16.0 Å². The summed E-state index contributed by atoms with van der Waals surface area (Å²) in [7, 11) is 1.33. The van der Waals surface area contributed by atoms with Crippen molar-refractivity contribution >= 4 is 5.97 Å². The molecule has 5 nitrogen and oxygen atoms in total. The van der Waals surface area contributed by atoms with E-state index in [2.05, 4.69) is 4.74 Å².